The molecule has 1 N–H and O–H groups in total. The van der Waals surface area contributed by atoms with Crippen LogP contribution in [0.3, 0.4) is 0 Å². The van der Waals surface area contributed by atoms with Crippen LogP contribution in [0.1, 0.15) is 213 Å². The third kappa shape index (κ3) is 13.5. The maximum absolute atomic E-state index is 10.4. The molecule has 2 saturated heterocycles. The van der Waals surface area contributed by atoms with Gasteiger partial charge >= 0.3 is 0 Å². The largest absolute Gasteiger partial charge is 0.392 e. The lowest BCUT2D eigenvalue weighted by molar-refractivity contribution is -0.0213. The fourth-order valence-electron chi connectivity index (χ4n) is 12.3. The lowest BCUT2D eigenvalue weighted by Gasteiger charge is -2.37. The van der Waals surface area contributed by atoms with Gasteiger partial charge in [-0.15, -0.1) is 0 Å². The van der Waals surface area contributed by atoms with Gasteiger partial charge in [0.15, 0.2) is 0 Å². The van der Waals surface area contributed by atoms with E-state index in [1.54, 1.807) is 0 Å². The molecule has 0 aromatic heterocycles. The molecule has 2 aliphatic heterocycles. The van der Waals surface area contributed by atoms with Crippen LogP contribution in [-0.2, 0) is 0 Å². The monoisotopic (exact) mass is 757 g/mol. The fourth-order valence-corrected chi connectivity index (χ4v) is 12.3. The van der Waals surface area contributed by atoms with E-state index in [4.69, 9.17) is 0 Å². The van der Waals surface area contributed by atoms with Crippen LogP contribution in [-0.4, -0.2) is 59.3 Å². The van der Waals surface area contributed by atoms with E-state index < -0.39 is 0 Å². The van der Waals surface area contributed by atoms with E-state index >= 15 is 0 Å². The predicted octanol–water partition coefficient (Wildman–Crippen LogP) is 14.2. The Balaban J connectivity index is 0.000000183. The Morgan fingerprint density at radius 1 is 0.500 bits per heavy atom. The molecule has 7 fully saturated rings. The molecule has 54 heavy (non-hydrogen) atoms. The summed E-state index contributed by atoms with van der Waals surface area (Å²) in [6, 6.07) is 1.54. The van der Waals surface area contributed by atoms with E-state index in [1.807, 2.05) is 0 Å². The van der Waals surface area contributed by atoms with E-state index in [2.05, 4.69) is 107 Å². The fraction of sp³-hybridized carbons (Fsp3) is 1.00. The minimum absolute atomic E-state index is 0.0729. The van der Waals surface area contributed by atoms with Crippen LogP contribution in [0.5, 0.6) is 0 Å². The Morgan fingerprint density at radius 3 is 1.33 bits per heavy atom. The lowest BCUT2D eigenvalue weighted by Crippen LogP contribution is -2.38. The SMILES string of the molecule is CC(C)C1CCCCC1.CC(C)N1CC2CCCC2C1.CC(C)N1CCCCCC1.CC(C)[C@H]1[C@H]2CC[C@@](C)([C@H]1O)C2(C)C.CC1CCC(C(C)C)CC1. The van der Waals surface area contributed by atoms with Gasteiger partial charge < -0.3 is 14.9 Å². The van der Waals surface area contributed by atoms with Crippen LogP contribution in [0, 0.1) is 70.0 Å². The number of aliphatic hydroxyl groups excluding tert-OH is 1. The molecule has 0 aromatic rings. The number of likely N-dealkylation sites (tertiary alicyclic amines) is 2. The molecule has 7 rings (SSSR count). The summed E-state index contributed by atoms with van der Waals surface area (Å²) in [5.74, 6) is 8.99. The van der Waals surface area contributed by atoms with Crippen LogP contribution >= 0.6 is 0 Å². The van der Waals surface area contributed by atoms with Crippen molar-refractivity contribution in [2.45, 2.75) is 231 Å². The van der Waals surface area contributed by atoms with Crippen molar-refractivity contribution >= 4 is 0 Å². The Labute approximate surface area is 340 Å². The van der Waals surface area contributed by atoms with Gasteiger partial charge in [0.2, 0.25) is 0 Å². The molecule has 6 atom stereocenters. The van der Waals surface area contributed by atoms with Crippen molar-refractivity contribution in [2.75, 3.05) is 26.2 Å². The molecule has 3 heteroatoms. The van der Waals surface area contributed by atoms with E-state index in [0.29, 0.717) is 17.3 Å². The second-order valence-corrected chi connectivity index (χ2v) is 22.5. The molecule has 7 aliphatic rings. The van der Waals surface area contributed by atoms with Gasteiger partial charge in [0.05, 0.1) is 6.10 Å². The van der Waals surface area contributed by atoms with E-state index in [9.17, 15) is 5.11 Å². The third-order valence-electron chi connectivity index (χ3n) is 17.1. The van der Waals surface area contributed by atoms with Crippen LogP contribution in [0.4, 0.5) is 0 Å². The highest BCUT2D eigenvalue weighted by molar-refractivity contribution is 5.14. The molecule has 0 radical (unpaired) electrons. The van der Waals surface area contributed by atoms with Crippen molar-refractivity contribution in [1.82, 2.24) is 9.80 Å². The van der Waals surface area contributed by atoms with Crippen LogP contribution in [0.25, 0.3) is 0 Å². The maximum atomic E-state index is 10.4. The Bertz CT molecular complexity index is 967. The Kier molecular flexibility index (Phi) is 20.4. The molecule has 5 aliphatic carbocycles. The van der Waals surface area contributed by atoms with Crippen molar-refractivity contribution in [2.24, 2.45) is 70.0 Å². The second-order valence-electron chi connectivity index (χ2n) is 22.5. The smallest absolute Gasteiger partial charge is 0.0632 e. The molecule has 2 unspecified atom stereocenters. The Morgan fingerprint density at radius 2 is 0.963 bits per heavy atom. The third-order valence-corrected chi connectivity index (χ3v) is 17.1. The first kappa shape index (κ1) is 48.3. The molecular formula is C51H100N2O. The summed E-state index contributed by atoms with van der Waals surface area (Å²) in [4.78, 5) is 5.24. The van der Waals surface area contributed by atoms with Gasteiger partial charge in [-0.05, 0) is 162 Å². The Hall–Kier alpha value is -0.120. The minimum Gasteiger partial charge on any atom is -0.392 e. The summed E-state index contributed by atoms with van der Waals surface area (Å²) in [5.41, 5.74) is 0.508. The number of hydrogen-bond donors (Lipinski definition) is 1. The molecule has 0 aromatic carbocycles. The highest BCUT2D eigenvalue weighted by atomic mass is 16.3. The number of hydrogen-bond acceptors (Lipinski definition) is 3. The molecule has 2 bridgehead atoms. The zero-order valence-corrected chi connectivity index (χ0v) is 39.4. The first-order chi connectivity index (χ1) is 25.4. The summed E-state index contributed by atoms with van der Waals surface area (Å²) in [6.45, 7) is 38.0. The van der Waals surface area contributed by atoms with E-state index in [0.717, 1.165) is 59.4 Å². The zero-order chi connectivity index (χ0) is 40.2. The summed E-state index contributed by atoms with van der Waals surface area (Å²) < 4.78 is 0. The van der Waals surface area contributed by atoms with Crippen LogP contribution in [0.2, 0.25) is 0 Å². The highest BCUT2D eigenvalue weighted by Gasteiger charge is 2.66. The standard InChI is InChI=1S/C13H24O.C10H19N.C10H20.C9H19N.C9H18/c1-8(2)10-9-6-7-13(5,11(10)14)12(9,3)4;1-8(2)11-6-9-4-3-5-10(9)7-11;1-8(2)10-6-4-9(3)5-7-10;1-9(2)10-7-5-3-4-6-8-10;1-8(2)9-6-4-3-5-7-9/h8-11,14H,6-7H2,1-5H3;8-10H,3-7H2,1-2H3;8-10H,4-7H2,1-3H3;9H,3-8H2,1-2H3;8-9H,3-7H2,1-2H3/t9-,10+,11+,13+;;;;/m1..../s1. The molecular weight excluding hydrogens is 657 g/mol. The van der Waals surface area contributed by atoms with Gasteiger partial charge in [-0.2, -0.15) is 0 Å². The molecule has 0 amide bonds. The van der Waals surface area contributed by atoms with Crippen molar-refractivity contribution < 1.29 is 5.11 Å². The maximum Gasteiger partial charge on any atom is 0.0632 e. The van der Waals surface area contributed by atoms with Crippen LogP contribution in [0.15, 0.2) is 0 Å². The van der Waals surface area contributed by atoms with Crippen LogP contribution < -0.4 is 0 Å². The molecule has 2 heterocycles. The number of rotatable bonds is 5. The molecule has 5 saturated carbocycles. The van der Waals surface area contributed by atoms with Gasteiger partial charge in [-0.25, -0.2) is 0 Å². The summed E-state index contributed by atoms with van der Waals surface area (Å²) in [5, 5.41) is 10.4. The average Bonchev–Trinajstić information content (AvgIpc) is 3.75. The first-order valence-electron chi connectivity index (χ1n) is 24.6. The minimum atomic E-state index is -0.0729. The molecule has 320 valence electrons. The highest BCUT2D eigenvalue weighted by Crippen LogP contribution is 2.68. The zero-order valence-electron chi connectivity index (χ0n) is 39.4. The summed E-state index contributed by atoms with van der Waals surface area (Å²) in [7, 11) is 0. The lowest BCUT2D eigenvalue weighted by atomic mass is 9.70. The quantitative estimate of drug-likeness (QED) is 0.303. The normalized spacial score (nSPS) is 35.4. The van der Waals surface area contributed by atoms with Crippen molar-refractivity contribution in [3.05, 3.63) is 0 Å². The summed E-state index contributed by atoms with van der Waals surface area (Å²) >= 11 is 0. The van der Waals surface area contributed by atoms with Gasteiger partial charge in [0, 0.05) is 25.2 Å². The number of fused-ring (bicyclic) bond motifs is 3. The van der Waals surface area contributed by atoms with Crippen molar-refractivity contribution in [3.8, 4) is 0 Å². The first-order valence-corrected chi connectivity index (χ1v) is 24.6. The molecule has 0 spiro atoms. The number of nitrogens with zero attached hydrogens (tertiary/aromatic N) is 2. The van der Waals surface area contributed by atoms with Gasteiger partial charge in [0.25, 0.3) is 0 Å². The van der Waals surface area contributed by atoms with Gasteiger partial charge in [-0.3, -0.25) is 0 Å². The van der Waals surface area contributed by atoms with Gasteiger partial charge in [-0.1, -0.05) is 133 Å². The topological polar surface area (TPSA) is 26.7 Å². The number of aliphatic hydroxyl groups is 1. The second kappa shape index (κ2) is 22.9. The predicted molar refractivity (Wildman–Crippen MR) is 239 cm³/mol. The summed E-state index contributed by atoms with van der Waals surface area (Å²) in [6.07, 6.45) is 26.1. The van der Waals surface area contributed by atoms with Gasteiger partial charge in [0.1, 0.15) is 0 Å². The molecule has 3 nitrogen and oxygen atoms in total. The van der Waals surface area contributed by atoms with Crippen molar-refractivity contribution in [3.63, 3.8) is 0 Å². The average molecular weight is 757 g/mol. The van der Waals surface area contributed by atoms with E-state index in [-0.39, 0.29) is 11.5 Å². The van der Waals surface area contributed by atoms with Crippen molar-refractivity contribution in [1.29, 1.82) is 0 Å². The van der Waals surface area contributed by atoms with E-state index in [1.165, 1.54) is 142 Å².